The lowest BCUT2D eigenvalue weighted by Gasteiger charge is -2.28. The zero-order valence-electron chi connectivity index (χ0n) is 7.67. The molecule has 0 saturated carbocycles. The molecule has 1 aliphatic heterocycles. The lowest BCUT2D eigenvalue weighted by Crippen LogP contribution is -2.52. The van der Waals surface area contributed by atoms with E-state index in [9.17, 15) is 4.79 Å². The topological polar surface area (TPSA) is 55.6 Å². The smallest absolute Gasteiger partial charge is 0.327 e. The number of carbonyl (C=O) groups excluding carboxylic acids is 1. The Hall–Kier alpha value is -0.610. The first kappa shape index (κ1) is 9.48. The quantitative estimate of drug-likeness (QED) is 0.480. The summed E-state index contributed by atoms with van der Waals surface area (Å²) in [4.78, 5) is 11.4. The first-order valence-electron chi connectivity index (χ1n) is 4.31. The number of nitrogens with zero attached hydrogens (tertiary/aromatic N) is 1. The maximum Gasteiger partial charge on any atom is 0.327 e. The largest absolute Gasteiger partial charge is 0.465 e. The van der Waals surface area contributed by atoms with E-state index in [1.165, 1.54) is 0 Å². The molecule has 1 rings (SSSR count). The van der Waals surface area contributed by atoms with Crippen molar-refractivity contribution in [3.63, 3.8) is 0 Å². The fourth-order valence-electron chi connectivity index (χ4n) is 1.49. The van der Waals surface area contributed by atoms with E-state index >= 15 is 0 Å². The summed E-state index contributed by atoms with van der Waals surface area (Å²) in [5.41, 5.74) is -0.587. The first-order chi connectivity index (χ1) is 5.61. The van der Waals surface area contributed by atoms with Crippen LogP contribution >= 0.6 is 0 Å². The summed E-state index contributed by atoms with van der Waals surface area (Å²) in [5, 5.41) is 1.57. The Bertz CT molecular complexity index is 184. The molecule has 1 saturated heterocycles. The van der Waals surface area contributed by atoms with E-state index in [2.05, 4.69) is 0 Å². The van der Waals surface area contributed by atoms with Crippen LogP contribution in [0.1, 0.15) is 26.7 Å². The summed E-state index contributed by atoms with van der Waals surface area (Å²) in [7, 11) is 0. The molecule has 0 aromatic heterocycles. The fraction of sp³-hybridized carbons (Fsp3) is 0.875. The van der Waals surface area contributed by atoms with Crippen molar-refractivity contribution in [2.24, 2.45) is 5.84 Å². The maximum absolute atomic E-state index is 11.4. The van der Waals surface area contributed by atoms with Gasteiger partial charge in [0.1, 0.15) is 5.54 Å². The van der Waals surface area contributed by atoms with Crippen LogP contribution in [-0.2, 0) is 9.53 Å². The maximum atomic E-state index is 11.4. The molecule has 70 valence electrons. The highest BCUT2D eigenvalue weighted by Gasteiger charge is 2.42. The number of hydrazine groups is 1. The molecule has 0 bridgehead atoms. The molecule has 0 aromatic carbocycles. The SMILES string of the molecule is CCOC(=O)C1(C)CCCN1N. The van der Waals surface area contributed by atoms with Gasteiger partial charge in [-0.3, -0.25) is 5.84 Å². The third kappa shape index (κ3) is 1.44. The standard InChI is InChI=1S/C8H16N2O2/c1-3-12-7(11)8(2)5-4-6-10(8)9/h3-6,9H2,1-2H3. The lowest BCUT2D eigenvalue weighted by atomic mass is 10.0. The number of hydrogen-bond acceptors (Lipinski definition) is 4. The van der Waals surface area contributed by atoms with Gasteiger partial charge in [-0.1, -0.05) is 0 Å². The van der Waals surface area contributed by atoms with Crippen LogP contribution in [0.3, 0.4) is 0 Å². The third-order valence-corrected chi connectivity index (χ3v) is 2.41. The van der Waals surface area contributed by atoms with Crippen LogP contribution < -0.4 is 5.84 Å². The van der Waals surface area contributed by atoms with Gasteiger partial charge in [-0.15, -0.1) is 0 Å². The number of nitrogens with two attached hydrogens (primary N) is 1. The Labute approximate surface area is 72.6 Å². The average molecular weight is 172 g/mol. The Morgan fingerprint density at radius 2 is 2.42 bits per heavy atom. The van der Waals surface area contributed by atoms with Crippen LogP contribution in [0.25, 0.3) is 0 Å². The van der Waals surface area contributed by atoms with E-state index in [4.69, 9.17) is 10.6 Å². The van der Waals surface area contributed by atoms with E-state index in [0.29, 0.717) is 6.61 Å². The number of hydrogen-bond donors (Lipinski definition) is 1. The van der Waals surface area contributed by atoms with Gasteiger partial charge in [-0.2, -0.15) is 0 Å². The molecule has 1 atom stereocenters. The summed E-state index contributed by atoms with van der Waals surface area (Å²) >= 11 is 0. The summed E-state index contributed by atoms with van der Waals surface area (Å²) < 4.78 is 4.94. The summed E-state index contributed by atoms with van der Waals surface area (Å²) in [6, 6.07) is 0. The summed E-state index contributed by atoms with van der Waals surface area (Å²) in [5.74, 6) is 5.47. The van der Waals surface area contributed by atoms with Crippen molar-refractivity contribution in [2.45, 2.75) is 32.2 Å². The fourth-order valence-corrected chi connectivity index (χ4v) is 1.49. The van der Waals surface area contributed by atoms with Crippen LogP contribution in [0, 0.1) is 0 Å². The second kappa shape index (κ2) is 3.41. The summed E-state index contributed by atoms with van der Waals surface area (Å²) in [6.07, 6.45) is 1.76. The van der Waals surface area contributed by atoms with Gasteiger partial charge in [-0.05, 0) is 26.7 Å². The number of carbonyl (C=O) groups is 1. The molecular weight excluding hydrogens is 156 g/mol. The molecule has 4 heteroatoms. The summed E-state index contributed by atoms with van der Waals surface area (Å²) in [6.45, 7) is 4.83. The monoisotopic (exact) mass is 172 g/mol. The molecule has 1 aliphatic rings. The Balaban J connectivity index is 2.63. The van der Waals surface area contributed by atoms with Crippen molar-refractivity contribution in [2.75, 3.05) is 13.2 Å². The average Bonchev–Trinajstić information content (AvgIpc) is 2.34. The normalized spacial score (nSPS) is 30.6. The van der Waals surface area contributed by atoms with Gasteiger partial charge in [-0.25, -0.2) is 9.80 Å². The minimum atomic E-state index is -0.587. The third-order valence-electron chi connectivity index (χ3n) is 2.41. The van der Waals surface area contributed by atoms with E-state index in [1.807, 2.05) is 6.92 Å². The van der Waals surface area contributed by atoms with Gasteiger partial charge in [0, 0.05) is 6.54 Å². The molecule has 2 N–H and O–H groups in total. The number of esters is 1. The van der Waals surface area contributed by atoms with Gasteiger partial charge >= 0.3 is 5.97 Å². The zero-order chi connectivity index (χ0) is 9.19. The van der Waals surface area contributed by atoms with E-state index in [0.717, 1.165) is 19.4 Å². The van der Waals surface area contributed by atoms with Gasteiger partial charge in [0.05, 0.1) is 6.61 Å². The molecule has 1 unspecified atom stereocenters. The molecule has 0 aliphatic carbocycles. The molecule has 0 amide bonds. The van der Waals surface area contributed by atoms with Crippen molar-refractivity contribution in [1.29, 1.82) is 0 Å². The predicted molar refractivity (Wildman–Crippen MR) is 45.2 cm³/mol. The highest BCUT2D eigenvalue weighted by molar-refractivity contribution is 5.80. The van der Waals surface area contributed by atoms with Crippen molar-refractivity contribution in [3.8, 4) is 0 Å². The van der Waals surface area contributed by atoms with Crippen LogP contribution in [0.5, 0.6) is 0 Å². The molecule has 1 heterocycles. The van der Waals surface area contributed by atoms with Gasteiger partial charge in [0.15, 0.2) is 0 Å². The minimum absolute atomic E-state index is 0.204. The minimum Gasteiger partial charge on any atom is -0.465 e. The van der Waals surface area contributed by atoms with Crippen LogP contribution in [0.2, 0.25) is 0 Å². The van der Waals surface area contributed by atoms with Crippen molar-refractivity contribution >= 4 is 5.97 Å². The van der Waals surface area contributed by atoms with Gasteiger partial charge in [0.2, 0.25) is 0 Å². The Kier molecular flexibility index (Phi) is 2.69. The highest BCUT2D eigenvalue weighted by atomic mass is 16.5. The highest BCUT2D eigenvalue weighted by Crippen LogP contribution is 2.26. The lowest BCUT2D eigenvalue weighted by molar-refractivity contribution is -0.155. The van der Waals surface area contributed by atoms with E-state index in [1.54, 1.807) is 11.9 Å². The second-order valence-electron chi connectivity index (χ2n) is 3.29. The molecule has 1 fully saturated rings. The number of ether oxygens (including phenoxy) is 1. The van der Waals surface area contributed by atoms with Crippen molar-refractivity contribution in [3.05, 3.63) is 0 Å². The van der Waals surface area contributed by atoms with Crippen LogP contribution in [0.15, 0.2) is 0 Å². The van der Waals surface area contributed by atoms with E-state index < -0.39 is 5.54 Å². The molecular formula is C8H16N2O2. The molecule has 0 aromatic rings. The van der Waals surface area contributed by atoms with Crippen LogP contribution in [-0.4, -0.2) is 29.7 Å². The van der Waals surface area contributed by atoms with Gasteiger partial charge < -0.3 is 4.74 Å². The molecule has 12 heavy (non-hydrogen) atoms. The Morgan fingerprint density at radius 1 is 1.75 bits per heavy atom. The first-order valence-corrected chi connectivity index (χ1v) is 4.31. The van der Waals surface area contributed by atoms with E-state index in [-0.39, 0.29) is 5.97 Å². The Morgan fingerprint density at radius 3 is 2.83 bits per heavy atom. The van der Waals surface area contributed by atoms with Crippen molar-refractivity contribution in [1.82, 2.24) is 5.01 Å². The van der Waals surface area contributed by atoms with Crippen molar-refractivity contribution < 1.29 is 9.53 Å². The molecule has 4 nitrogen and oxygen atoms in total. The second-order valence-corrected chi connectivity index (χ2v) is 3.29. The molecule has 0 spiro atoms. The molecule has 0 radical (unpaired) electrons. The van der Waals surface area contributed by atoms with Crippen LogP contribution in [0.4, 0.5) is 0 Å². The zero-order valence-corrected chi connectivity index (χ0v) is 7.67. The number of rotatable bonds is 2. The predicted octanol–water partition coefficient (Wildman–Crippen LogP) is 0.278. The van der Waals surface area contributed by atoms with Gasteiger partial charge in [0.25, 0.3) is 0 Å².